The first-order valence-electron chi connectivity index (χ1n) is 7.43. The number of benzene rings is 2. The molecule has 3 heteroatoms. The van der Waals surface area contributed by atoms with Crippen LogP contribution in [-0.2, 0) is 6.54 Å². The maximum Gasteiger partial charge on any atom is 0.119 e. The third-order valence-electron chi connectivity index (χ3n) is 3.44. The molecule has 0 aliphatic rings. The summed E-state index contributed by atoms with van der Waals surface area (Å²) in [6, 6.07) is 16.6. The Labute approximate surface area is 132 Å². The van der Waals surface area contributed by atoms with Gasteiger partial charge in [0.05, 0.1) is 6.61 Å². The minimum Gasteiger partial charge on any atom is -0.494 e. The standard InChI is InChI=1S/C18H22ClNO/c1-3-18(15-8-10-16(19)11-9-15)20-13-14-6-5-7-17(12-14)21-4-2/h5-12,18,20H,3-4,13H2,1-2H3. The first-order valence-corrected chi connectivity index (χ1v) is 7.81. The second-order valence-corrected chi connectivity index (χ2v) is 5.41. The zero-order valence-corrected chi connectivity index (χ0v) is 13.4. The first kappa shape index (κ1) is 15.9. The van der Waals surface area contributed by atoms with Crippen molar-refractivity contribution in [1.82, 2.24) is 5.32 Å². The predicted molar refractivity (Wildman–Crippen MR) is 88.9 cm³/mol. The molecule has 2 aromatic rings. The highest BCUT2D eigenvalue weighted by atomic mass is 35.5. The van der Waals surface area contributed by atoms with Crippen LogP contribution in [0.5, 0.6) is 5.75 Å². The number of hydrogen-bond donors (Lipinski definition) is 1. The van der Waals surface area contributed by atoms with Crippen molar-refractivity contribution in [2.45, 2.75) is 32.9 Å². The minimum atomic E-state index is 0.331. The Hall–Kier alpha value is -1.51. The molecular weight excluding hydrogens is 282 g/mol. The molecule has 0 spiro atoms. The van der Waals surface area contributed by atoms with Gasteiger partial charge in [0.25, 0.3) is 0 Å². The van der Waals surface area contributed by atoms with E-state index in [2.05, 4.69) is 36.5 Å². The molecule has 2 rings (SSSR count). The Morgan fingerprint density at radius 3 is 2.52 bits per heavy atom. The van der Waals surface area contributed by atoms with E-state index >= 15 is 0 Å². The zero-order valence-electron chi connectivity index (χ0n) is 12.6. The SMILES string of the molecule is CCOc1cccc(CNC(CC)c2ccc(Cl)cc2)c1. The van der Waals surface area contributed by atoms with Gasteiger partial charge in [-0.15, -0.1) is 0 Å². The van der Waals surface area contributed by atoms with Crippen molar-refractivity contribution in [3.8, 4) is 5.75 Å². The highest BCUT2D eigenvalue weighted by Crippen LogP contribution is 2.20. The molecule has 1 N–H and O–H groups in total. The van der Waals surface area contributed by atoms with Crippen molar-refractivity contribution in [2.24, 2.45) is 0 Å². The van der Waals surface area contributed by atoms with Crippen molar-refractivity contribution < 1.29 is 4.74 Å². The summed E-state index contributed by atoms with van der Waals surface area (Å²) < 4.78 is 5.54. The highest BCUT2D eigenvalue weighted by molar-refractivity contribution is 6.30. The highest BCUT2D eigenvalue weighted by Gasteiger charge is 2.08. The normalized spacial score (nSPS) is 12.1. The third-order valence-corrected chi connectivity index (χ3v) is 3.69. The summed E-state index contributed by atoms with van der Waals surface area (Å²) in [6.07, 6.45) is 1.03. The van der Waals surface area contributed by atoms with E-state index in [0.29, 0.717) is 12.6 Å². The minimum absolute atomic E-state index is 0.331. The summed E-state index contributed by atoms with van der Waals surface area (Å²) in [5.41, 5.74) is 2.50. The summed E-state index contributed by atoms with van der Waals surface area (Å²) in [5.74, 6) is 0.927. The van der Waals surface area contributed by atoms with Crippen LogP contribution >= 0.6 is 11.6 Å². The molecule has 2 aromatic carbocycles. The van der Waals surface area contributed by atoms with E-state index in [9.17, 15) is 0 Å². The molecule has 112 valence electrons. The molecule has 0 bridgehead atoms. The van der Waals surface area contributed by atoms with Crippen LogP contribution in [0.25, 0.3) is 0 Å². The molecule has 0 aliphatic heterocycles. The van der Waals surface area contributed by atoms with Gasteiger partial charge in [0.2, 0.25) is 0 Å². The summed E-state index contributed by atoms with van der Waals surface area (Å²) in [7, 11) is 0. The molecule has 21 heavy (non-hydrogen) atoms. The van der Waals surface area contributed by atoms with E-state index < -0.39 is 0 Å². The van der Waals surface area contributed by atoms with E-state index in [0.717, 1.165) is 23.7 Å². The van der Waals surface area contributed by atoms with E-state index in [1.54, 1.807) is 0 Å². The van der Waals surface area contributed by atoms with E-state index in [-0.39, 0.29) is 0 Å². The molecular formula is C18H22ClNO. The van der Waals surface area contributed by atoms with Crippen molar-refractivity contribution in [3.05, 3.63) is 64.7 Å². The maximum atomic E-state index is 5.95. The molecule has 0 fully saturated rings. The number of nitrogens with one attached hydrogen (secondary N) is 1. The molecule has 1 atom stereocenters. The van der Waals surface area contributed by atoms with Crippen molar-refractivity contribution in [2.75, 3.05) is 6.61 Å². The molecule has 0 aliphatic carbocycles. The predicted octanol–water partition coefficient (Wildman–Crippen LogP) is 4.98. The quantitative estimate of drug-likeness (QED) is 0.779. The third kappa shape index (κ3) is 4.76. The molecule has 0 saturated heterocycles. The number of ether oxygens (including phenoxy) is 1. The van der Waals surface area contributed by atoms with Crippen LogP contribution in [0.2, 0.25) is 5.02 Å². The second-order valence-electron chi connectivity index (χ2n) is 4.97. The lowest BCUT2D eigenvalue weighted by molar-refractivity contribution is 0.339. The van der Waals surface area contributed by atoms with Crippen molar-refractivity contribution in [3.63, 3.8) is 0 Å². The molecule has 0 amide bonds. The lowest BCUT2D eigenvalue weighted by Crippen LogP contribution is -2.20. The van der Waals surface area contributed by atoms with Gasteiger partial charge < -0.3 is 10.1 Å². The van der Waals surface area contributed by atoms with Gasteiger partial charge in [0.15, 0.2) is 0 Å². The van der Waals surface area contributed by atoms with Gasteiger partial charge in [0.1, 0.15) is 5.75 Å². The van der Waals surface area contributed by atoms with Crippen LogP contribution in [0.15, 0.2) is 48.5 Å². The topological polar surface area (TPSA) is 21.3 Å². The van der Waals surface area contributed by atoms with Gasteiger partial charge in [-0.1, -0.05) is 42.8 Å². The lowest BCUT2D eigenvalue weighted by atomic mass is 10.0. The van der Waals surface area contributed by atoms with Crippen LogP contribution in [0, 0.1) is 0 Å². The lowest BCUT2D eigenvalue weighted by Gasteiger charge is -2.18. The largest absolute Gasteiger partial charge is 0.494 e. The van der Waals surface area contributed by atoms with Crippen LogP contribution in [-0.4, -0.2) is 6.61 Å². The fourth-order valence-corrected chi connectivity index (χ4v) is 2.47. The number of rotatable bonds is 7. The summed E-state index contributed by atoms with van der Waals surface area (Å²) in [6.45, 7) is 5.70. The molecule has 0 saturated carbocycles. The van der Waals surface area contributed by atoms with Crippen LogP contribution in [0.3, 0.4) is 0 Å². The summed E-state index contributed by atoms with van der Waals surface area (Å²) in [5, 5.41) is 4.37. The average molecular weight is 304 g/mol. The monoisotopic (exact) mass is 303 g/mol. The fourth-order valence-electron chi connectivity index (χ4n) is 2.35. The van der Waals surface area contributed by atoms with E-state index in [1.807, 2.05) is 31.2 Å². The van der Waals surface area contributed by atoms with Crippen LogP contribution in [0.4, 0.5) is 0 Å². The first-order chi connectivity index (χ1) is 10.2. The smallest absolute Gasteiger partial charge is 0.119 e. The summed E-state index contributed by atoms with van der Waals surface area (Å²) in [4.78, 5) is 0. The average Bonchev–Trinajstić information content (AvgIpc) is 2.50. The van der Waals surface area contributed by atoms with Gasteiger partial charge in [-0.2, -0.15) is 0 Å². The Kier molecular flexibility index (Phi) is 6.09. The van der Waals surface area contributed by atoms with Gasteiger partial charge in [-0.3, -0.25) is 0 Å². The Balaban J connectivity index is 1.99. The fraction of sp³-hybridized carbons (Fsp3) is 0.333. The van der Waals surface area contributed by atoms with E-state index in [1.165, 1.54) is 11.1 Å². The molecule has 2 nitrogen and oxygen atoms in total. The Bertz CT molecular complexity index is 553. The van der Waals surface area contributed by atoms with Crippen LogP contribution in [0.1, 0.15) is 37.4 Å². The number of halogens is 1. The van der Waals surface area contributed by atoms with Gasteiger partial charge in [-0.05, 0) is 48.7 Å². The van der Waals surface area contributed by atoms with Crippen LogP contribution < -0.4 is 10.1 Å². The van der Waals surface area contributed by atoms with Crippen molar-refractivity contribution in [1.29, 1.82) is 0 Å². The van der Waals surface area contributed by atoms with Gasteiger partial charge in [-0.25, -0.2) is 0 Å². The van der Waals surface area contributed by atoms with Crippen molar-refractivity contribution >= 4 is 11.6 Å². The molecule has 1 unspecified atom stereocenters. The molecule has 0 heterocycles. The second kappa shape index (κ2) is 8.06. The van der Waals surface area contributed by atoms with Gasteiger partial charge >= 0.3 is 0 Å². The van der Waals surface area contributed by atoms with Gasteiger partial charge in [0, 0.05) is 17.6 Å². The Morgan fingerprint density at radius 1 is 1.10 bits per heavy atom. The van der Waals surface area contributed by atoms with E-state index in [4.69, 9.17) is 16.3 Å². The number of hydrogen-bond acceptors (Lipinski definition) is 2. The maximum absolute atomic E-state index is 5.95. The summed E-state index contributed by atoms with van der Waals surface area (Å²) >= 11 is 5.95. The zero-order chi connectivity index (χ0) is 15.1. The molecule has 0 aromatic heterocycles. The molecule has 0 radical (unpaired) electrons. The Morgan fingerprint density at radius 2 is 1.86 bits per heavy atom.